The van der Waals surface area contributed by atoms with Crippen LogP contribution in [0.15, 0.2) is 42.5 Å². The van der Waals surface area contributed by atoms with Gasteiger partial charge in [-0.2, -0.15) is 0 Å². The molecule has 2 aromatic carbocycles. The third-order valence-electron chi connectivity index (χ3n) is 5.19. The van der Waals surface area contributed by atoms with Crippen molar-refractivity contribution in [3.8, 4) is 5.75 Å². The minimum absolute atomic E-state index is 0.0180. The predicted molar refractivity (Wildman–Crippen MR) is 104 cm³/mol. The van der Waals surface area contributed by atoms with Crippen molar-refractivity contribution in [2.75, 3.05) is 25.0 Å². The number of nitrogens with zero attached hydrogens (tertiary/aromatic N) is 1. The van der Waals surface area contributed by atoms with E-state index in [1.165, 1.54) is 0 Å². The highest BCUT2D eigenvalue weighted by atomic mass is 35.5. The Hall–Kier alpha value is -2.53. The maximum Gasteiger partial charge on any atom is 0.253 e. The number of hydrogen-bond acceptors (Lipinski definition) is 3. The van der Waals surface area contributed by atoms with Gasteiger partial charge in [-0.05, 0) is 48.6 Å². The molecule has 0 aromatic heterocycles. The van der Waals surface area contributed by atoms with Crippen LogP contribution in [-0.2, 0) is 11.2 Å². The molecule has 0 saturated carbocycles. The van der Waals surface area contributed by atoms with Crippen LogP contribution in [0.25, 0.3) is 0 Å². The summed E-state index contributed by atoms with van der Waals surface area (Å²) in [6, 6.07) is 12.9. The van der Waals surface area contributed by atoms with Crippen molar-refractivity contribution < 1.29 is 14.3 Å². The molecule has 5 nitrogen and oxygen atoms in total. The van der Waals surface area contributed by atoms with Gasteiger partial charge in [-0.3, -0.25) is 9.59 Å². The predicted octanol–water partition coefficient (Wildman–Crippen LogP) is 3.77. The van der Waals surface area contributed by atoms with Gasteiger partial charge < -0.3 is 15.0 Å². The molecule has 2 aliphatic rings. The third kappa shape index (κ3) is 3.93. The molecule has 2 amide bonds. The normalized spacial score (nSPS) is 16.8. The van der Waals surface area contributed by atoms with Crippen molar-refractivity contribution in [1.29, 1.82) is 0 Å². The number of carbonyl (C=O) groups excluding carboxylic acids is 2. The zero-order valence-electron chi connectivity index (χ0n) is 14.9. The Bertz CT molecular complexity index is 875. The number of anilines is 1. The average Bonchev–Trinajstić information content (AvgIpc) is 3.06. The number of rotatable bonds is 4. The zero-order chi connectivity index (χ0) is 18.8. The molecule has 140 valence electrons. The molecular weight excluding hydrogens is 364 g/mol. The number of likely N-dealkylation sites (tertiary alicyclic amines) is 1. The number of nitrogens with one attached hydrogen (secondary N) is 1. The van der Waals surface area contributed by atoms with Gasteiger partial charge in [-0.15, -0.1) is 0 Å². The lowest BCUT2D eigenvalue weighted by Gasteiger charge is -2.32. The van der Waals surface area contributed by atoms with Crippen molar-refractivity contribution in [3.63, 3.8) is 0 Å². The Morgan fingerprint density at radius 1 is 1.19 bits per heavy atom. The average molecular weight is 385 g/mol. The lowest BCUT2D eigenvalue weighted by molar-refractivity contribution is -0.115. The number of halogens is 1. The number of para-hydroxylation sites is 1. The van der Waals surface area contributed by atoms with E-state index in [9.17, 15) is 9.59 Å². The molecule has 0 aliphatic carbocycles. The summed E-state index contributed by atoms with van der Waals surface area (Å²) in [5.74, 6) is 1.11. The lowest BCUT2D eigenvalue weighted by atomic mass is 9.97. The van der Waals surface area contributed by atoms with E-state index in [0.29, 0.717) is 48.4 Å². The number of carbonyl (C=O) groups is 2. The highest BCUT2D eigenvalue weighted by Gasteiger charge is 2.26. The first-order valence-corrected chi connectivity index (χ1v) is 9.57. The smallest absolute Gasteiger partial charge is 0.253 e. The monoisotopic (exact) mass is 384 g/mol. The molecule has 6 heteroatoms. The molecule has 2 aliphatic heterocycles. The van der Waals surface area contributed by atoms with Crippen LogP contribution < -0.4 is 10.1 Å². The Morgan fingerprint density at radius 2 is 1.96 bits per heavy atom. The fourth-order valence-corrected chi connectivity index (χ4v) is 3.79. The molecule has 1 fully saturated rings. The van der Waals surface area contributed by atoms with E-state index >= 15 is 0 Å². The summed E-state index contributed by atoms with van der Waals surface area (Å²) in [6.45, 7) is 2.02. The highest BCUT2D eigenvalue weighted by molar-refractivity contribution is 6.32. The summed E-state index contributed by atoms with van der Waals surface area (Å²) in [5, 5.41) is 3.42. The van der Waals surface area contributed by atoms with Crippen molar-refractivity contribution in [1.82, 2.24) is 4.90 Å². The van der Waals surface area contributed by atoms with Gasteiger partial charge in [0.25, 0.3) is 5.91 Å². The number of fused-ring (bicyclic) bond motifs is 1. The zero-order valence-corrected chi connectivity index (χ0v) is 15.7. The molecule has 4 rings (SSSR count). The molecule has 0 atom stereocenters. The van der Waals surface area contributed by atoms with E-state index < -0.39 is 0 Å². The lowest BCUT2D eigenvalue weighted by Crippen LogP contribution is -2.39. The van der Waals surface area contributed by atoms with Crippen molar-refractivity contribution in [3.05, 3.63) is 58.6 Å². The Balaban J connectivity index is 1.31. The van der Waals surface area contributed by atoms with Gasteiger partial charge in [0, 0.05) is 24.3 Å². The summed E-state index contributed by atoms with van der Waals surface area (Å²) >= 11 is 6.12. The second kappa shape index (κ2) is 7.61. The summed E-state index contributed by atoms with van der Waals surface area (Å²) in [6.07, 6.45) is 2.19. The second-order valence-corrected chi connectivity index (χ2v) is 7.48. The van der Waals surface area contributed by atoms with Crippen LogP contribution in [0.4, 0.5) is 5.69 Å². The number of amides is 2. The SMILES string of the molecule is O=C1Cc2ccc(C(=O)N3CCC(COc4ccccc4Cl)CC3)cc2N1. The Morgan fingerprint density at radius 3 is 2.74 bits per heavy atom. The number of hydrogen-bond donors (Lipinski definition) is 1. The molecule has 0 bridgehead atoms. The fraction of sp³-hybridized carbons (Fsp3) is 0.333. The maximum absolute atomic E-state index is 12.8. The van der Waals surface area contributed by atoms with Gasteiger partial charge in [0.2, 0.25) is 5.91 Å². The van der Waals surface area contributed by atoms with Crippen LogP contribution in [0.3, 0.4) is 0 Å². The van der Waals surface area contributed by atoms with E-state index in [0.717, 1.165) is 24.1 Å². The van der Waals surface area contributed by atoms with Crippen LogP contribution in [0.1, 0.15) is 28.8 Å². The Labute approximate surface area is 163 Å². The van der Waals surface area contributed by atoms with E-state index in [4.69, 9.17) is 16.3 Å². The number of benzene rings is 2. The van der Waals surface area contributed by atoms with Gasteiger partial charge in [-0.25, -0.2) is 0 Å². The quantitative estimate of drug-likeness (QED) is 0.873. The van der Waals surface area contributed by atoms with E-state index in [-0.39, 0.29) is 11.8 Å². The van der Waals surface area contributed by atoms with E-state index in [1.54, 1.807) is 6.07 Å². The van der Waals surface area contributed by atoms with Crippen LogP contribution in [0.2, 0.25) is 5.02 Å². The molecule has 0 spiro atoms. The molecular formula is C21H21ClN2O3. The summed E-state index contributed by atoms with van der Waals surface area (Å²) in [4.78, 5) is 26.1. The van der Waals surface area contributed by atoms with Crippen molar-refractivity contribution in [2.45, 2.75) is 19.3 Å². The molecule has 0 unspecified atom stereocenters. The maximum atomic E-state index is 12.8. The number of ether oxygens (including phenoxy) is 1. The Kier molecular flexibility index (Phi) is 5.03. The topological polar surface area (TPSA) is 58.6 Å². The van der Waals surface area contributed by atoms with Crippen LogP contribution in [0.5, 0.6) is 5.75 Å². The fourth-order valence-electron chi connectivity index (χ4n) is 3.60. The van der Waals surface area contributed by atoms with Crippen molar-refractivity contribution in [2.24, 2.45) is 5.92 Å². The molecule has 1 saturated heterocycles. The third-order valence-corrected chi connectivity index (χ3v) is 5.51. The summed E-state index contributed by atoms with van der Waals surface area (Å²) in [7, 11) is 0. The highest BCUT2D eigenvalue weighted by Crippen LogP contribution is 2.27. The van der Waals surface area contributed by atoms with Gasteiger partial charge in [-0.1, -0.05) is 29.8 Å². The minimum Gasteiger partial charge on any atom is -0.492 e. The largest absolute Gasteiger partial charge is 0.492 e. The molecule has 1 N–H and O–H groups in total. The summed E-state index contributed by atoms with van der Waals surface area (Å²) in [5.41, 5.74) is 2.34. The van der Waals surface area contributed by atoms with Gasteiger partial charge in [0.15, 0.2) is 0 Å². The standard InChI is InChI=1S/C21H21ClN2O3/c22-17-3-1-2-4-19(17)27-13-14-7-9-24(10-8-14)21(26)16-6-5-15-12-20(25)23-18(15)11-16/h1-6,11,14H,7-10,12-13H2,(H,23,25). The van der Waals surface area contributed by atoms with Gasteiger partial charge in [0.1, 0.15) is 5.75 Å². The summed E-state index contributed by atoms with van der Waals surface area (Å²) < 4.78 is 5.84. The first kappa shape index (κ1) is 17.9. The van der Waals surface area contributed by atoms with E-state index in [2.05, 4.69) is 5.32 Å². The molecule has 2 heterocycles. The first-order chi connectivity index (χ1) is 13.1. The minimum atomic E-state index is -0.0195. The molecule has 0 radical (unpaired) electrons. The van der Waals surface area contributed by atoms with Crippen LogP contribution in [-0.4, -0.2) is 36.4 Å². The number of piperidine rings is 1. The van der Waals surface area contributed by atoms with Crippen LogP contribution >= 0.6 is 11.6 Å². The van der Waals surface area contributed by atoms with E-state index in [1.807, 2.05) is 41.3 Å². The van der Waals surface area contributed by atoms with Gasteiger partial charge in [0.05, 0.1) is 18.1 Å². The second-order valence-electron chi connectivity index (χ2n) is 7.07. The van der Waals surface area contributed by atoms with Gasteiger partial charge >= 0.3 is 0 Å². The van der Waals surface area contributed by atoms with Crippen LogP contribution in [0, 0.1) is 5.92 Å². The van der Waals surface area contributed by atoms with Crippen molar-refractivity contribution >= 4 is 29.1 Å². The first-order valence-electron chi connectivity index (χ1n) is 9.19. The molecule has 2 aromatic rings. The molecule has 27 heavy (non-hydrogen) atoms.